The third-order valence-electron chi connectivity index (χ3n) is 2.38. The summed E-state index contributed by atoms with van der Waals surface area (Å²) in [5, 5.41) is -0.231. The van der Waals surface area contributed by atoms with E-state index in [0.29, 0.717) is 0 Å². The fraction of sp³-hybridized carbons (Fsp3) is 0.455. The van der Waals surface area contributed by atoms with Crippen molar-refractivity contribution in [3.8, 4) is 0 Å². The molecule has 1 atom stereocenters. The fourth-order valence-electron chi connectivity index (χ4n) is 1.57. The molecule has 0 radical (unpaired) electrons. The quantitative estimate of drug-likeness (QED) is 0.479. The van der Waals surface area contributed by atoms with Crippen molar-refractivity contribution in [2.45, 2.75) is 26.8 Å². The van der Waals surface area contributed by atoms with E-state index < -0.39 is 17.7 Å². The highest BCUT2D eigenvalue weighted by Crippen LogP contribution is 2.34. The molecule has 3 N–H and O–H groups in total. The first-order valence-corrected chi connectivity index (χ1v) is 5.25. The molecular weight excluding hydrogens is 234 g/mol. The Kier molecular flexibility index (Phi) is 3.88. The van der Waals surface area contributed by atoms with Crippen LogP contribution in [0.15, 0.2) is 12.1 Å². The van der Waals surface area contributed by atoms with Crippen molar-refractivity contribution in [3.05, 3.63) is 34.4 Å². The highest BCUT2D eigenvalue weighted by molar-refractivity contribution is 6.30. The number of halogens is 3. The van der Waals surface area contributed by atoms with Gasteiger partial charge in [0.15, 0.2) is 0 Å². The predicted molar refractivity (Wildman–Crippen MR) is 60.9 cm³/mol. The van der Waals surface area contributed by atoms with Crippen LogP contribution in [0.2, 0.25) is 5.02 Å². The standard InChI is InChI=1S/C11H15ClF2N2/c1-11(2,3)10(16-15)6-4-9(14)7(12)5-8(6)13/h4-5,10,16H,15H2,1-3H3. The first-order chi connectivity index (χ1) is 7.27. The average molecular weight is 249 g/mol. The summed E-state index contributed by atoms with van der Waals surface area (Å²) in [4.78, 5) is 0. The highest BCUT2D eigenvalue weighted by Gasteiger charge is 2.28. The number of nitrogens with one attached hydrogen (secondary N) is 1. The summed E-state index contributed by atoms with van der Waals surface area (Å²) in [6.07, 6.45) is 0. The van der Waals surface area contributed by atoms with Gasteiger partial charge in [0.25, 0.3) is 0 Å². The fourth-order valence-corrected chi connectivity index (χ4v) is 1.72. The Hall–Kier alpha value is -0.710. The van der Waals surface area contributed by atoms with Crippen LogP contribution in [0, 0.1) is 17.0 Å². The van der Waals surface area contributed by atoms with E-state index >= 15 is 0 Å². The minimum absolute atomic E-state index is 0.178. The summed E-state index contributed by atoms with van der Waals surface area (Å²) >= 11 is 5.48. The van der Waals surface area contributed by atoms with Gasteiger partial charge in [-0.25, -0.2) is 8.78 Å². The molecule has 16 heavy (non-hydrogen) atoms. The molecule has 0 aliphatic carbocycles. The molecule has 5 heteroatoms. The van der Waals surface area contributed by atoms with Crippen LogP contribution in [0.1, 0.15) is 32.4 Å². The lowest BCUT2D eigenvalue weighted by Crippen LogP contribution is -2.37. The molecule has 0 saturated carbocycles. The van der Waals surface area contributed by atoms with Gasteiger partial charge in [-0.1, -0.05) is 32.4 Å². The Morgan fingerprint density at radius 2 is 1.81 bits per heavy atom. The first-order valence-electron chi connectivity index (χ1n) is 4.88. The maximum atomic E-state index is 13.7. The molecule has 90 valence electrons. The van der Waals surface area contributed by atoms with Crippen molar-refractivity contribution in [1.29, 1.82) is 0 Å². The zero-order valence-electron chi connectivity index (χ0n) is 9.44. The SMILES string of the molecule is CC(C)(C)C(NN)c1cc(F)c(Cl)cc1F. The van der Waals surface area contributed by atoms with Crippen LogP contribution < -0.4 is 11.3 Å². The molecular formula is C11H15ClF2N2. The summed E-state index contributed by atoms with van der Waals surface area (Å²) in [5.74, 6) is 4.16. The average Bonchev–Trinajstić information content (AvgIpc) is 2.12. The van der Waals surface area contributed by atoms with Gasteiger partial charge < -0.3 is 0 Å². The molecule has 1 rings (SSSR count). The lowest BCUT2D eigenvalue weighted by atomic mass is 9.82. The van der Waals surface area contributed by atoms with E-state index in [-0.39, 0.29) is 16.0 Å². The number of hydrogen-bond acceptors (Lipinski definition) is 2. The van der Waals surface area contributed by atoms with Crippen molar-refractivity contribution in [1.82, 2.24) is 5.43 Å². The largest absolute Gasteiger partial charge is 0.271 e. The van der Waals surface area contributed by atoms with Crippen LogP contribution in [0.25, 0.3) is 0 Å². The topological polar surface area (TPSA) is 38.0 Å². The minimum atomic E-state index is -0.650. The highest BCUT2D eigenvalue weighted by atomic mass is 35.5. The van der Waals surface area contributed by atoms with Crippen molar-refractivity contribution >= 4 is 11.6 Å². The van der Waals surface area contributed by atoms with Crippen LogP contribution in [0.4, 0.5) is 8.78 Å². The van der Waals surface area contributed by atoms with E-state index in [1.54, 1.807) is 0 Å². The Bertz CT molecular complexity index is 388. The molecule has 0 aliphatic heterocycles. The molecule has 0 saturated heterocycles. The van der Waals surface area contributed by atoms with Crippen molar-refractivity contribution in [2.24, 2.45) is 11.3 Å². The predicted octanol–water partition coefficient (Wildman–Crippen LogP) is 3.17. The summed E-state index contributed by atoms with van der Waals surface area (Å²) in [6.45, 7) is 5.64. The number of benzene rings is 1. The Balaban J connectivity index is 3.26. The van der Waals surface area contributed by atoms with Gasteiger partial charge in [0, 0.05) is 5.56 Å². The van der Waals surface area contributed by atoms with E-state index in [1.807, 2.05) is 20.8 Å². The second kappa shape index (κ2) is 4.65. The van der Waals surface area contributed by atoms with Crippen LogP contribution in [-0.2, 0) is 0 Å². The van der Waals surface area contributed by atoms with Gasteiger partial charge in [0.2, 0.25) is 0 Å². The van der Waals surface area contributed by atoms with Gasteiger partial charge in [-0.3, -0.25) is 11.3 Å². The second-order valence-corrected chi connectivity index (χ2v) is 5.16. The van der Waals surface area contributed by atoms with Gasteiger partial charge in [0.05, 0.1) is 11.1 Å². The molecule has 1 aromatic carbocycles. The van der Waals surface area contributed by atoms with Crippen LogP contribution in [0.3, 0.4) is 0 Å². The monoisotopic (exact) mass is 248 g/mol. The number of rotatable bonds is 2. The first kappa shape index (κ1) is 13.4. The molecule has 2 nitrogen and oxygen atoms in total. The second-order valence-electron chi connectivity index (χ2n) is 4.75. The molecule has 0 heterocycles. The van der Waals surface area contributed by atoms with Gasteiger partial charge in [-0.15, -0.1) is 0 Å². The van der Waals surface area contributed by atoms with Crippen LogP contribution in [0.5, 0.6) is 0 Å². The van der Waals surface area contributed by atoms with Gasteiger partial charge in [-0.05, 0) is 17.5 Å². The number of hydrazine groups is 1. The third kappa shape index (κ3) is 2.70. The van der Waals surface area contributed by atoms with E-state index in [9.17, 15) is 8.78 Å². The number of hydrogen-bond donors (Lipinski definition) is 2. The lowest BCUT2D eigenvalue weighted by Gasteiger charge is -2.30. The van der Waals surface area contributed by atoms with E-state index in [4.69, 9.17) is 17.4 Å². The van der Waals surface area contributed by atoms with Crippen LogP contribution >= 0.6 is 11.6 Å². The summed E-state index contributed by atoms with van der Waals surface area (Å²) in [6, 6.07) is 1.55. The smallest absolute Gasteiger partial charge is 0.142 e. The van der Waals surface area contributed by atoms with Crippen molar-refractivity contribution in [3.63, 3.8) is 0 Å². The van der Waals surface area contributed by atoms with E-state index in [1.165, 1.54) is 0 Å². The van der Waals surface area contributed by atoms with Crippen LogP contribution in [-0.4, -0.2) is 0 Å². The van der Waals surface area contributed by atoms with Crippen molar-refractivity contribution in [2.75, 3.05) is 0 Å². The van der Waals surface area contributed by atoms with Gasteiger partial charge in [0.1, 0.15) is 11.6 Å². The maximum absolute atomic E-state index is 13.7. The van der Waals surface area contributed by atoms with Gasteiger partial charge >= 0.3 is 0 Å². The molecule has 1 aromatic rings. The van der Waals surface area contributed by atoms with Gasteiger partial charge in [-0.2, -0.15) is 0 Å². The molecule has 0 spiro atoms. The lowest BCUT2D eigenvalue weighted by molar-refractivity contribution is 0.268. The molecule has 1 unspecified atom stereocenters. The Morgan fingerprint density at radius 1 is 1.25 bits per heavy atom. The summed E-state index contributed by atoms with van der Waals surface area (Å²) in [5.41, 5.74) is 2.34. The number of nitrogens with two attached hydrogens (primary N) is 1. The maximum Gasteiger partial charge on any atom is 0.142 e. The molecule has 0 amide bonds. The molecule has 0 bridgehead atoms. The third-order valence-corrected chi connectivity index (χ3v) is 2.67. The zero-order chi connectivity index (χ0) is 12.5. The normalized spacial score (nSPS) is 13.9. The summed E-state index contributed by atoms with van der Waals surface area (Å²) in [7, 11) is 0. The minimum Gasteiger partial charge on any atom is -0.271 e. The van der Waals surface area contributed by atoms with E-state index in [2.05, 4.69) is 5.43 Å². The van der Waals surface area contributed by atoms with Crippen molar-refractivity contribution < 1.29 is 8.78 Å². The zero-order valence-corrected chi connectivity index (χ0v) is 10.2. The van der Waals surface area contributed by atoms with E-state index in [0.717, 1.165) is 12.1 Å². The Labute approximate surface area is 98.8 Å². The molecule has 0 aliphatic rings. The molecule has 0 fully saturated rings. The molecule has 0 aromatic heterocycles. The Morgan fingerprint density at radius 3 is 2.25 bits per heavy atom. The summed E-state index contributed by atoms with van der Waals surface area (Å²) < 4.78 is 26.9.